The van der Waals surface area contributed by atoms with E-state index in [4.69, 9.17) is 18.9 Å². The van der Waals surface area contributed by atoms with Crippen molar-refractivity contribution in [3.05, 3.63) is 48.0 Å². The number of carbonyl (C=O) groups is 2. The van der Waals surface area contributed by atoms with E-state index in [1.165, 1.54) is 4.90 Å². The Kier molecular flexibility index (Phi) is 7.13. The van der Waals surface area contributed by atoms with Crippen LogP contribution in [0.25, 0.3) is 0 Å². The van der Waals surface area contributed by atoms with Gasteiger partial charge in [0.1, 0.15) is 29.9 Å². The minimum absolute atomic E-state index is 0.0642. The predicted molar refractivity (Wildman–Crippen MR) is 111 cm³/mol. The molecule has 0 unspecified atom stereocenters. The van der Waals surface area contributed by atoms with E-state index in [2.05, 4.69) is 5.32 Å². The van der Waals surface area contributed by atoms with Crippen molar-refractivity contribution in [2.75, 3.05) is 39.4 Å². The van der Waals surface area contributed by atoms with Crippen molar-refractivity contribution in [3.63, 3.8) is 0 Å². The second-order valence-electron chi connectivity index (χ2n) is 6.68. The van der Waals surface area contributed by atoms with Gasteiger partial charge in [-0.1, -0.05) is 0 Å². The van der Waals surface area contributed by atoms with Gasteiger partial charge in [-0.15, -0.1) is 0 Å². The fourth-order valence-electron chi connectivity index (χ4n) is 3.21. The second kappa shape index (κ2) is 9.98. The lowest BCUT2D eigenvalue weighted by molar-refractivity contribution is -0.154. The van der Waals surface area contributed by atoms with E-state index < -0.39 is 6.04 Å². The molecule has 1 N–H and O–H groups in total. The van der Waals surface area contributed by atoms with Crippen LogP contribution in [-0.2, 0) is 20.9 Å². The Morgan fingerprint density at radius 1 is 1.13 bits per heavy atom. The number of rotatable bonds is 8. The van der Waals surface area contributed by atoms with E-state index in [0.29, 0.717) is 23.8 Å². The van der Waals surface area contributed by atoms with Crippen LogP contribution in [0.1, 0.15) is 12.5 Å². The smallest absolute Gasteiger partial charge is 0.249 e. The summed E-state index contributed by atoms with van der Waals surface area (Å²) in [5, 5.41) is 2.84. The molecule has 0 bridgehead atoms. The van der Waals surface area contributed by atoms with Crippen LogP contribution in [0.5, 0.6) is 17.2 Å². The van der Waals surface area contributed by atoms with Gasteiger partial charge in [-0.05, 0) is 43.3 Å². The predicted octanol–water partition coefficient (Wildman–Crippen LogP) is 2.47. The van der Waals surface area contributed by atoms with Crippen molar-refractivity contribution in [1.82, 2.24) is 4.90 Å². The molecule has 8 nitrogen and oxygen atoms in total. The zero-order valence-electron chi connectivity index (χ0n) is 17.3. The summed E-state index contributed by atoms with van der Waals surface area (Å²) in [6, 6.07) is 11.7. The SMILES string of the molecule is CCOc1ccc(NC(=O)[C@@H]2COCC(=O)N2Cc2ccc(OC)cc2OC)cc1. The Labute approximate surface area is 175 Å². The summed E-state index contributed by atoms with van der Waals surface area (Å²) >= 11 is 0. The Bertz CT molecular complexity index is 884. The van der Waals surface area contributed by atoms with E-state index in [-0.39, 0.29) is 31.6 Å². The van der Waals surface area contributed by atoms with Gasteiger partial charge in [0.05, 0.1) is 34.0 Å². The van der Waals surface area contributed by atoms with E-state index in [0.717, 1.165) is 11.3 Å². The van der Waals surface area contributed by atoms with Crippen molar-refractivity contribution in [3.8, 4) is 17.2 Å². The van der Waals surface area contributed by atoms with Crippen LogP contribution in [0, 0.1) is 0 Å². The fraction of sp³-hybridized carbons (Fsp3) is 0.364. The van der Waals surface area contributed by atoms with Gasteiger partial charge >= 0.3 is 0 Å². The van der Waals surface area contributed by atoms with Crippen LogP contribution in [0.2, 0.25) is 0 Å². The molecule has 2 aromatic rings. The molecule has 1 saturated heterocycles. The van der Waals surface area contributed by atoms with Crippen LogP contribution in [0.15, 0.2) is 42.5 Å². The number of ether oxygens (including phenoxy) is 4. The summed E-state index contributed by atoms with van der Waals surface area (Å²) in [6.07, 6.45) is 0. The first kappa shape index (κ1) is 21.4. The third-order valence-corrected chi connectivity index (χ3v) is 4.77. The van der Waals surface area contributed by atoms with Gasteiger partial charge in [-0.2, -0.15) is 0 Å². The van der Waals surface area contributed by atoms with Crippen LogP contribution in [-0.4, -0.2) is 56.8 Å². The van der Waals surface area contributed by atoms with Crippen LogP contribution < -0.4 is 19.5 Å². The van der Waals surface area contributed by atoms with Gasteiger partial charge in [0.25, 0.3) is 0 Å². The molecule has 0 aromatic heterocycles. The standard InChI is InChI=1S/C22H26N2O6/c1-4-30-17-9-6-16(7-10-17)23-22(26)19-13-29-14-21(25)24(19)12-15-5-8-18(27-2)11-20(15)28-3/h5-11,19H,4,12-14H2,1-3H3,(H,23,26)/t19-/m0/s1. The number of methoxy groups -OCH3 is 2. The number of nitrogens with zero attached hydrogens (tertiary/aromatic N) is 1. The van der Waals surface area contributed by atoms with Crippen molar-refractivity contribution < 1.29 is 28.5 Å². The molecule has 160 valence electrons. The van der Waals surface area contributed by atoms with Crippen LogP contribution >= 0.6 is 0 Å². The second-order valence-corrected chi connectivity index (χ2v) is 6.68. The zero-order chi connectivity index (χ0) is 21.5. The molecule has 2 amide bonds. The minimum Gasteiger partial charge on any atom is -0.497 e. The third kappa shape index (κ3) is 5.01. The van der Waals surface area contributed by atoms with Crippen molar-refractivity contribution in [2.24, 2.45) is 0 Å². The molecule has 1 aliphatic heterocycles. The molecule has 1 aliphatic rings. The Hall–Kier alpha value is -3.26. The fourth-order valence-corrected chi connectivity index (χ4v) is 3.21. The van der Waals surface area contributed by atoms with Gasteiger partial charge < -0.3 is 29.2 Å². The normalized spacial score (nSPS) is 16.2. The highest BCUT2D eigenvalue weighted by molar-refractivity contribution is 5.98. The molecule has 0 aliphatic carbocycles. The average Bonchev–Trinajstić information content (AvgIpc) is 2.76. The first-order chi connectivity index (χ1) is 14.5. The lowest BCUT2D eigenvalue weighted by atomic mass is 10.1. The number of anilines is 1. The number of carbonyl (C=O) groups excluding carboxylic acids is 2. The number of nitrogens with one attached hydrogen (secondary N) is 1. The molecular weight excluding hydrogens is 388 g/mol. The number of hydrogen-bond acceptors (Lipinski definition) is 6. The summed E-state index contributed by atoms with van der Waals surface area (Å²) in [5.41, 5.74) is 1.39. The van der Waals surface area contributed by atoms with Crippen LogP contribution in [0.4, 0.5) is 5.69 Å². The van der Waals surface area contributed by atoms with Gasteiger partial charge in [0.15, 0.2) is 0 Å². The van der Waals surface area contributed by atoms with Gasteiger partial charge in [-0.25, -0.2) is 0 Å². The Morgan fingerprint density at radius 2 is 1.87 bits per heavy atom. The van der Waals surface area contributed by atoms with Crippen molar-refractivity contribution >= 4 is 17.5 Å². The number of morpholine rings is 1. The maximum atomic E-state index is 12.9. The minimum atomic E-state index is -0.760. The Morgan fingerprint density at radius 3 is 2.53 bits per heavy atom. The quantitative estimate of drug-likeness (QED) is 0.714. The van der Waals surface area contributed by atoms with E-state index in [1.54, 1.807) is 50.6 Å². The molecule has 1 heterocycles. The number of amides is 2. The molecule has 1 fully saturated rings. The van der Waals surface area contributed by atoms with E-state index >= 15 is 0 Å². The first-order valence-electron chi connectivity index (χ1n) is 9.67. The summed E-state index contributed by atoms with van der Waals surface area (Å²) < 4.78 is 21.4. The van der Waals surface area contributed by atoms with Crippen molar-refractivity contribution in [2.45, 2.75) is 19.5 Å². The zero-order valence-corrected chi connectivity index (χ0v) is 17.3. The summed E-state index contributed by atoms with van der Waals surface area (Å²) in [4.78, 5) is 27.0. The highest BCUT2D eigenvalue weighted by atomic mass is 16.5. The molecule has 3 rings (SSSR count). The Balaban J connectivity index is 1.75. The molecule has 1 atom stereocenters. The molecule has 0 radical (unpaired) electrons. The lowest BCUT2D eigenvalue weighted by Crippen LogP contribution is -2.54. The largest absolute Gasteiger partial charge is 0.497 e. The monoisotopic (exact) mass is 414 g/mol. The third-order valence-electron chi connectivity index (χ3n) is 4.77. The lowest BCUT2D eigenvalue weighted by Gasteiger charge is -2.34. The molecular formula is C22H26N2O6. The summed E-state index contributed by atoms with van der Waals surface area (Å²) in [7, 11) is 3.12. The molecule has 2 aromatic carbocycles. The van der Waals surface area contributed by atoms with Gasteiger partial charge in [-0.3, -0.25) is 9.59 Å². The van der Waals surface area contributed by atoms with Gasteiger partial charge in [0, 0.05) is 17.3 Å². The van der Waals surface area contributed by atoms with Gasteiger partial charge in [0.2, 0.25) is 11.8 Å². The highest BCUT2D eigenvalue weighted by Gasteiger charge is 2.34. The highest BCUT2D eigenvalue weighted by Crippen LogP contribution is 2.27. The molecule has 30 heavy (non-hydrogen) atoms. The number of hydrogen-bond donors (Lipinski definition) is 1. The molecule has 0 saturated carbocycles. The first-order valence-corrected chi connectivity index (χ1v) is 9.67. The molecule has 8 heteroatoms. The summed E-state index contributed by atoms with van der Waals surface area (Å²) in [5.74, 6) is 1.37. The number of benzene rings is 2. The summed E-state index contributed by atoms with van der Waals surface area (Å²) in [6.45, 7) is 2.74. The maximum absolute atomic E-state index is 12.9. The van der Waals surface area contributed by atoms with Crippen molar-refractivity contribution in [1.29, 1.82) is 0 Å². The maximum Gasteiger partial charge on any atom is 0.249 e. The van der Waals surface area contributed by atoms with E-state index in [1.807, 2.05) is 13.0 Å². The van der Waals surface area contributed by atoms with E-state index in [9.17, 15) is 9.59 Å². The topological polar surface area (TPSA) is 86.3 Å². The average molecular weight is 414 g/mol. The van der Waals surface area contributed by atoms with Crippen LogP contribution in [0.3, 0.4) is 0 Å². The molecule has 0 spiro atoms.